The summed E-state index contributed by atoms with van der Waals surface area (Å²) >= 11 is 0. The summed E-state index contributed by atoms with van der Waals surface area (Å²) in [5, 5.41) is 27.5. The number of nitrogens with one attached hydrogen (secondary N) is 3. The number of non-ortho nitro benzene ring substituents is 1. The van der Waals surface area contributed by atoms with Gasteiger partial charge >= 0.3 is 6.09 Å². The largest absolute Gasteiger partial charge is 0.494 e. The number of nitro groups is 1. The number of ether oxygens (including phenoxy) is 2. The lowest BCUT2D eigenvalue weighted by atomic mass is 10.2. The van der Waals surface area contributed by atoms with Crippen LogP contribution in [0.25, 0.3) is 0 Å². The Morgan fingerprint density at radius 2 is 2.11 bits per heavy atom. The van der Waals surface area contributed by atoms with Crippen LogP contribution in [0.1, 0.15) is 6.92 Å². The molecule has 11 heteroatoms. The first-order valence-corrected chi connectivity index (χ1v) is 7.81. The summed E-state index contributed by atoms with van der Waals surface area (Å²) in [6.07, 6.45) is 0.631. The molecule has 0 saturated heterocycles. The average molecular weight is 377 g/mol. The number of hydrogen-bond acceptors (Lipinski definition) is 8. The molecule has 1 rings (SSSR count). The zero-order valence-corrected chi connectivity index (χ0v) is 14.8. The van der Waals surface area contributed by atoms with E-state index in [2.05, 4.69) is 20.7 Å². The van der Waals surface area contributed by atoms with E-state index >= 15 is 0 Å². The maximum Gasteiger partial charge on any atom is 0.407 e. The van der Waals surface area contributed by atoms with Gasteiger partial charge in [-0.05, 0) is 13.0 Å². The molecule has 0 aliphatic carbocycles. The maximum atomic E-state index is 12.2. The number of carbonyl (C=O) groups is 2. The van der Waals surface area contributed by atoms with Gasteiger partial charge in [-0.15, -0.1) is 0 Å². The van der Waals surface area contributed by atoms with Gasteiger partial charge in [-0.25, -0.2) is 4.79 Å². The first kappa shape index (κ1) is 21.2. The fourth-order valence-electron chi connectivity index (χ4n) is 1.83. The van der Waals surface area contributed by atoms with E-state index in [1.165, 1.54) is 25.4 Å². The number of anilines is 1. The third kappa shape index (κ3) is 6.91. The maximum absolute atomic E-state index is 12.2. The van der Waals surface area contributed by atoms with Crippen LogP contribution in [-0.4, -0.2) is 43.7 Å². The Morgan fingerprint density at radius 1 is 1.37 bits per heavy atom. The lowest BCUT2D eigenvalue weighted by Crippen LogP contribution is -2.31. The minimum absolute atomic E-state index is 0.0847. The third-order valence-electron chi connectivity index (χ3n) is 3.07. The smallest absolute Gasteiger partial charge is 0.407 e. The molecular weight excluding hydrogens is 358 g/mol. The van der Waals surface area contributed by atoms with Gasteiger partial charge in [-0.1, -0.05) is 0 Å². The van der Waals surface area contributed by atoms with Crippen molar-refractivity contribution in [1.82, 2.24) is 10.6 Å². The lowest BCUT2D eigenvalue weighted by Gasteiger charge is -2.10. The van der Waals surface area contributed by atoms with Gasteiger partial charge in [0.15, 0.2) is 0 Å². The molecule has 0 aliphatic rings. The molecule has 0 radical (unpaired) electrons. The van der Waals surface area contributed by atoms with Crippen LogP contribution in [0.5, 0.6) is 5.75 Å². The molecule has 0 atom stereocenters. The Balaban J connectivity index is 2.67. The Morgan fingerprint density at radius 3 is 2.70 bits per heavy atom. The van der Waals surface area contributed by atoms with E-state index in [1.807, 2.05) is 0 Å². The predicted octanol–water partition coefficient (Wildman–Crippen LogP) is 1.29. The molecule has 1 aromatic carbocycles. The van der Waals surface area contributed by atoms with E-state index in [1.54, 1.807) is 13.0 Å². The number of benzene rings is 1. The van der Waals surface area contributed by atoms with Crippen LogP contribution >= 0.6 is 0 Å². The number of nitriles is 1. The second kappa shape index (κ2) is 10.9. The molecule has 0 bridgehead atoms. The molecule has 0 unspecified atom stereocenters. The SMILES string of the molecule is CCOC(=O)NCCN/C=C(/C#N)C(=O)Nc1ccc([N+](=O)[O-])cc1OC. The molecule has 0 aliphatic heterocycles. The molecule has 144 valence electrons. The zero-order chi connectivity index (χ0) is 20.2. The highest BCUT2D eigenvalue weighted by Crippen LogP contribution is 2.29. The standard InChI is InChI=1S/C16H19N5O6/c1-3-27-16(23)19-7-6-18-10-11(9-17)15(22)20-13-5-4-12(21(24)25)8-14(13)26-2/h4-5,8,10,18H,3,6-7H2,1-2H3,(H,19,23)(H,20,22)/b11-10-. The minimum Gasteiger partial charge on any atom is -0.494 e. The Labute approximate surface area is 155 Å². The number of nitrogens with zero attached hydrogens (tertiary/aromatic N) is 2. The average Bonchev–Trinajstić information content (AvgIpc) is 2.64. The zero-order valence-electron chi connectivity index (χ0n) is 14.8. The molecular formula is C16H19N5O6. The van der Waals surface area contributed by atoms with Crippen molar-refractivity contribution in [2.75, 3.05) is 32.1 Å². The van der Waals surface area contributed by atoms with Crippen LogP contribution in [0.2, 0.25) is 0 Å². The summed E-state index contributed by atoms with van der Waals surface area (Å²) in [5.74, 6) is -0.642. The molecule has 0 aromatic heterocycles. The summed E-state index contributed by atoms with van der Waals surface area (Å²) in [6, 6.07) is 5.40. The van der Waals surface area contributed by atoms with Gasteiger partial charge in [-0.3, -0.25) is 14.9 Å². The van der Waals surface area contributed by atoms with Crippen molar-refractivity contribution < 1.29 is 24.0 Å². The van der Waals surface area contributed by atoms with E-state index in [0.29, 0.717) is 0 Å². The Bertz CT molecular complexity index is 771. The summed E-state index contributed by atoms with van der Waals surface area (Å²) in [4.78, 5) is 33.4. The number of nitro benzene ring substituents is 1. The lowest BCUT2D eigenvalue weighted by molar-refractivity contribution is -0.384. The number of hydrogen-bond donors (Lipinski definition) is 3. The molecule has 1 aromatic rings. The normalized spacial score (nSPS) is 10.3. The fraction of sp³-hybridized carbons (Fsp3) is 0.312. The number of rotatable bonds is 9. The first-order valence-electron chi connectivity index (χ1n) is 7.81. The number of alkyl carbamates (subject to hydrolysis) is 1. The minimum atomic E-state index is -0.726. The van der Waals surface area contributed by atoms with Crippen molar-refractivity contribution in [1.29, 1.82) is 5.26 Å². The molecule has 11 nitrogen and oxygen atoms in total. The van der Waals surface area contributed by atoms with Crippen molar-refractivity contribution in [3.63, 3.8) is 0 Å². The number of carbonyl (C=O) groups excluding carboxylic acids is 2. The van der Waals surface area contributed by atoms with Gasteiger partial charge in [0.05, 0.1) is 30.4 Å². The quantitative estimate of drug-likeness (QED) is 0.191. The van der Waals surface area contributed by atoms with Crippen molar-refractivity contribution in [2.24, 2.45) is 0 Å². The van der Waals surface area contributed by atoms with E-state index in [9.17, 15) is 19.7 Å². The summed E-state index contributed by atoms with van der Waals surface area (Å²) in [7, 11) is 1.30. The molecule has 3 N–H and O–H groups in total. The van der Waals surface area contributed by atoms with Crippen LogP contribution in [0.4, 0.5) is 16.2 Å². The summed E-state index contributed by atoms with van der Waals surface area (Å²) in [5.41, 5.74) is -0.249. The van der Waals surface area contributed by atoms with Crippen LogP contribution in [-0.2, 0) is 9.53 Å². The summed E-state index contributed by atoms with van der Waals surface area (Å²) < 4.78 is 9.69. The van der Waals surface area contributed by atoms with E-state index in [0.717, 1.165) is 6.07 Å². The molecule has 0 saturated carbocycles. The predicted molar refractivity (Wildman–Crippen MR) is 95.0 cm³/mol. The van der Waals surface area contributed by atoms with E-state index in [4.69, 9.17) is 10.00 Å². The van der Waals surface area contributed by atoms with E-state index in [-0.39, 0.29) is 42.4 Å². The van der Waals surface area contributed by atoms with Crippen molar-refractivity contribution in [3.8, 4) is 11.8 Å². The molecule has 0 heterocycles. The summed E-state index contributed by atoms with van der Waals surface area (Å²) in [6.45, 7) is 2.42. The van der Waals surface area contributed by atoms with Gasteiger partial charge in [0, 0.05) is 25.4 Å². The second-order valence-corrected chi connectivity index (χ2v) is 4.87. The van der Waals surface area contributed by atoms with Crippen molar-refractivity contribution in [3.05, 3.63) is 40.1 Å². The van der Waals surface area contributed by atoms with E-state index < -0.39 is 16.9 Å². The number of methoxy groups -OCH3 is 1. The highest BCUT2D eigenvalue weighted by atomic mass is 16.6. The van der Waals surface area contributed by atoms with Gasteiger partial charge in [-0.2, -0.15) is 5.26 Å². The molecule has 0 spiro atoms. The first-order chi connectivity index (χ1) is 12.9. The van der Waals surface area contributed by atoms with Gasteiger partial charge in [0.25, 0.3) is 11.6 Å². The topological polar surface area (TPSA) is 156 Å². The second-order valence-electron chi connectivity index (χ2n) is 4.87. The monoisotopic (exact) mass is 377 g/mol. The fourth-order valence-corrected chi connectivity index (χ4v) is 1.83. The van der Waals surface area contributed by atoms with Crippen LogP contribution in [0, 0.1) is 21.4 Å². The van der Waals surface area contributed by atoms with Gasteiger partial charge in [0.1, 0.15) is 17.4 Å². The highest BCUT2D eigenvalue weighted by molar-refractivity contribution is 6.07. The molecule has 2 amide bonds. The molecule has 27 heavy (non-hydrogen) atoms. The Kier molecular flexibility index (Phi) is 8.60. The molecule has 0 fully saturated rings. The Hall–Kier alpha value is -3.81. The van der Waals surface area contributed by atoms with Crippen LogP contribution < -0.4 is 20.7 Å². The number of amides is 2. The highest BCUT2D eigenvalue weighted by Gasteiger charge is 2.15. The van der Waals surface area contributed by atoms with Crippen molar-refractivity contribution in [2.45, 2.75) is 6.92 Å². The van der Waals surface area contributed by atoms with Gasteiger partial charge < -0.3 is 25.4 Å². The van der Waals surface area contributed by atoms with Crippen LogP contribution in [0.3, 0.4) is 0 Å². The third-order valence-corrected chi connectivity index (χ3v) is 3.07. The van der Waals surface area contributed by atoms with Gasteiger partial charge in [0.2, 0.25) is 0 Å². The van der Waals surface area contributed by atoms with Crippen molar-refractivity contribution >= 4 is 23.4 Å². The van der Waals surface area contributed by atoms with Crippen LogP contribution in [0.15, 0.2) is 30.0 Å².